The number of hydrogen-bond donors (Lipinski definition) is 1. The van der Waals surface area contributed by atoms with E-state index < -0.39 is 48.3 Å². The van der Waals surface area contributed by atoms with Gasteiger partial charge in [-0.3, -0.25) is 4.72 Å². The van der Waals surface area contributed by atoms with Crippen molar-refractivity contribution in [1.29, 1.82) is 0 Å². The predicted octanol–water partition coefficient (Wildman–Crippen LogP) is 4.26. The lowest BCUT2D eigenvalue weighted by molar-refractivity contribution is -0.140. The zero-order chi connectivity index (χ0) is 23.7. The van der Waals surface area contributed by atoms with Gasteiger partial charge in [0.25, 0.3) is 10.0 Å². The van der Waals surface area contributed by atoms with E-state index in [1.807, 2.05) is 4.72 Å². The summed E-state index contributed by atoms with van der Waals surface area (Å²) in [6, 6.07) is 6.30. The van der Waals surface area contributed by atoms with Gasteiger partial charge in [-0.25, -0.2) is 26.2 Å². The lowest BCUT2D eigenvalue weighted by Crippen LogP contribution is -2.14. The van der Waals surface area contributed by atoms with Gasteiger partial charge in [-0.1, -0.05) is 17.4 Å². The Hall–Kier alpha value is -2.58. The molecule has 172 valence electrons. The first-order valence-electron chi connectivity index (χ1n) is 8.60. The zero-order valence-corrected chi connectivity index (χ0v) is 18.2. The summed E-state index contributed by atoms with van der Waals surface area (Å²) in [5, 5.41) is -0.913. The van der Waals surface area contributed by atoms with E-state index in [-0.39, 0.29) is 26.9 Å². The number of halogens is 5. The average molecular weight is 513 g/mol. The number of anilines is 1. The Balaban J connectivity index is 1.74. The number of rotatable bonds is 7. The quantitative estimate of drug-likeness (QED) is 0.478. The zero-order valence-electron chi connectivity index (χ0n) is 15.7. The summed E-state index contributed by atoms with van der Waals surface area (Å²) in [6.45, 7) is 0. The van der Waals surface area contributed by atoms with Crippen LogP contribution in [0.15, 0.2) is 58.5 Å². The minimum Gasteiger partial charge on any atom is -0.255 e. The fourth-order valence-electron chi connectivity index (χ4n) is 2.62. The first-order valence-corrected chi connectivity index (χ1v) is 12.6. The van der Waals surface area contributed by atoms with Crippen LogP contribution in [-0.2, 0) is 32.5 Å². The summed E-state index contributed by atoms with van der Waals surface area (Å²) < 4.78 is 116. The van der Waals surface area contributed by atoms with Crippen LogP contribution in [0.5, 0.6) is 0 Å². The Bertz CT molecular complexity index is 1340. The molecule has 0 saturated heterocycles. The first-order chi connectivity index (χ1) is 14.8. The molecule has 3 aromatic rings. The van der Waals surface area contributed by atoms with Crippen molar-refractivity contribution in [3.63, 3.8) is 0 Å². The highest BCUT2D eigenvalue weighted by Crippen LogP contribution is 2.32. The summed E-state index contributed by atoms with van der Waals surface area (Å²) in [7, 11) is -8.13. The van der Waals surface area contributed by atoms with E-state index in [0.29, 0.717) is 23.5 Å². The van der Waals surface area contributed by atoms with Crippen LogP contribution in [0.3, 0.4) is 0 Å². The van der Waals surface area contributed by atoms with Crippen molar-refractivity contribution in [3.8, 4) is 0 Å². The molecule has 0 aliphatic carbocycles. The topological polar surface area (TPSA) is 93.2 Å². The summed E-state index contributed by atoms with van der Waals surface area (Å²) in [6.07, 6.45) is -4.40. The van der Waals surface area contributed by atoms with Crippen LogP contribution in [0.4, 0.5) is 27.1 Å². The second kappa shape index (κ2) is 8.75. The Morgan fingerprint density at radius 2 is 1.56 bits per heavy atom. The lowest BCUT2D eigenvalue weighted by atomic mass is 10.1. The standard InChI is InChI=1S/C18H13F5N2O4S3/c19-15-6-1-11(9-14(15)18(21,22)23)7-8-31(26,27)12-2-4-13(5-3-12)32(28,29)25-17-24-10-16(20)30-17/h1-6,9-10H,7-8H2,(H,24,25). The summed E-state index contributed by atoms with van der Waals surface area (Å²) >= 11 is 0.467. The number of nitrogens with one attached hydrogen (secondary N) is 1. The number of aryl methyl sites for hydroxylation is 1. The Morgan fingerprint density at radius 1 is 0.938 bits per heavy atom. The molecular formula is C18H13F5N2O4S3. The van der Waals surface area contributed by atoms with Crippen molar-refractivity contribution in [3.05, 3.63) is 70.7 Å². The minimum absolute atomic E-state index is 0.0265. The predicted molar refractivity (Wildman–Crippen MR) is 106 cm³/mol. The first kappa shape index (κ1) is 24.1. The number of hydrogen-bond acceptors (Lipinski definition) is 6. The fraction of sp³-hybridized carbons (Fsp3) is 0.167. The molecule has 0 atom stereocenters. The van der Waals surface area contributed by atoms with Gasteiger partial charge in [-0.15, -0.1) is 0 Å². The minimum atomic E-state index is -4.92. The number of alkyl halides is 3. The van der Waals surface area contributed by atoms with Crippen LogP contribution in [0.25, 0.3) is 0 Å². The molecule has 0 fully saturated rings. The monoisotopic (exact) mass is 512 g/mol. The number of benzene rings is 2. The van der Waals surface area contributed by atoms with Gasteiger partial charge >= 0.3 is 6.18 Å². The highest BCUT2D eigenvalue weighted by molar-refractivity contribution is 7.93. The van der Waals surface area contributed by atoms with Gasteiger partial charge in [0.15, 0.2) is 20.1 Å². The molecule has 14 heteroatoms. The third-order valence-electron chi connectivity index (χ3n) is 4.19. The van der Waals surface area contributed by atoms with Crippen molar-refractivity contribution < 1.29 is 38.8 Å². The second-order valence-corrected chi connectivity index (χ2v) is 11.2. The van der Waals surface area contributed by atoms with Crippen molar-refractivity contribution >= 4 is 36.3 Å². The molecule has 0 aliphatic heterocycles. The van der Waals surface area contributed by atoms with Gasteiger partial charge in [0.05, 0.1) is 27.3 Å². The van der Waals surface area contributed by atoms with Gasteiger partial charge in [-0.05, 0) is 48.4 Å². The molecule has 0 saturated carbocycles. The molecule has 6 nitrogen and oxygen atoms in total. The van der Waals surface area contributed by atoms with Gasteiger partial charge in [-0.2, -0.15) is 17.6 Å². The molecule has 1 heterocycles. The maximum Gasteiger partial charge on any atom is 0.419 e. The van der Waals surface area contributed by atoms with E-state index in [1.165, 1.54) is 0 Å². The number of sulfone groups is 1. The van der Waals surface area contributed by atoms with E-state index in [4.69, 9.17) is 0 Å². The lowest BCUT2D eigenvalue weighted by Gasteiger charge is -2.11. The number of sulfonamides is 1. The van der Waals surface area contributed by atoms with Gasteiger partial charge < -0.3 is 0 Å². The Labute approximate surface area is 183 Å². The maximum atomic E-state index is 13.4. The number of thiazole rings is 1. The molecular weight excluding hydrogens is 499 g/mol. The SMILES string of the molecule is O=S(=O)(CCc1ccc(F)c(C(F)(F)F)c1)c1ccc(S(=O)(=O)Nc2ncc(F)s2)cc1. The molecule has 1 aromatic heterocycles. The van der Waals surface area contributed by atoms with Crippen molar-refractivity contribution in [2.24, 2.45) is 0 Å². The van der Waals surface area contributed by atoms with Crippen molar-refractivity contribution in [1.82, 2.24) is 4.98 Å². The molecule has 1 N–H and O–H groups in total. The average Bonchev–Trinajstić information content (AvgIpc) is 3.10. The maximum absolute atomic E-state index is 13.4. The smallest absolute Gasteiger partial charge is 0.255 e. The molecule has 0 unspecified atom stereocenters. The van der Waals surface area contributed by atoms with E-state index in [9.17, 15) is 38.8 Å². The van der Waals surface area contributed by atoms with Gasteiger partial charge in [0.2, 0.25) is 0 Å². The molecule has 0 amide bonds. The Morgan fingerprint density at radius 3 is 2.12 bits per heavy atom. The molecule has 2 aromatic carbocycles. The fourth-order valence-corrected chi connectivity index (χ4v) is 5.69. The van der Waals surface area contributed by atoms with Gasteiger partial charge in [0.1, 0.15) is 5.82 Å². The molecule has 0 aliphatic rings. The molecule has 0 bridgehead atoms. The van der Waals surface area contributed by atoms with Crippen molar-refractivity contribution in [2.45, 2.75) is 22.4 Å². The van der Waals surface area contributed by atoms with Crippen LogP contribution < -0.4 is 4.72 Å². The molecule has 0 spiro atoms. The highest BCUT2D eigenvalue weighted by Gasteiger charge is 2.34. The van der Waals surface area contributed by atoms with Crippen molar-refractivity contribution in [2.75, 3.05) is 10.5 Å². The van der Waals surface area contributed by atoms with E-state index in [1.54, 1.807) is 0 Å². The van der Waals surface area contributed by atoms with E-state index >= 15 is 0 Å². The number of nitrogens with zero attached hydrogens (tertiary/aromatic N) is 1. The van der Waals surface area contributed by atoms with Gasteiger partial charge in [0, 0.05) is 0 Å². The summed E-state index contributed by atoms with van der Waals surface area (Å²) in [5.41, 5.74) is -1.52. The van der Waals surface area contributed by atoms with Crippen LogP contribution >= 0.6 is 11.3 Å². The third kappa shape index (κ3) is 5.61. The van der Waals surface area contributed by atoms with Crippen LogP contribution in [0.2, 0.25) is 0 Å². The number of aromatic nitrogens is 1. The normalized spacial score (nSPS) is 12.7. The molecule has 0 radical (unpaired) electrons. The second-order valence-electron chi connectivity index (χ2n) is 6.43. The summed E-state index contributed by atoms with van der Waals surface area (Å²) in [4.78, 5) is 2.97. The molecule has 32 heavy (non-hydrogen) atoms. The third-order valence-corrected chi connectivity index (χ3v) is 8.11. The van der Waals surface area contributed by atoms with Crippen LogP contribution in [-0.4, -0.2) is 27.6 Å². The molecule has 3 rings (SSSR count). The van der Waals surface area contributed by atoms with E-state index in [0.717, 1.165) is 36.5 Å². The summed E-state index contributed by atoms with van der Waals surface area (Å²) in [5.74, 6) is -2.05. The highest BCUT2D eigenvalue weighted by atomic mass is 32.2. The van der Waals surface area contributed by atoms with Crippen LogP contribution in [0.1, 0.15) is 11.1 Å². The Kier molecular flexibility index (Phi) is 6.58. The van der Waals surface area contributed by atoms with Crippen LogP contribution in [0, 0.1) is 10.9 Å². The van der Waals surface area contributed by atoms with E-state index in [2.05, 4.69) is 4.98 Å². The largest absolute Gasteiger partial charge is 0.419 e.